The van der Waals surface area contributed by atoms with Crippen molar-refractivity contribution in [3.8, 4) is 0 Å². The molecule has 0 unspecified atom stereocenters. The van der Waals surface area contributed by atoms with Crippen molar-refractivity contribution < 1.29 is 4.79 Å². The van der Waals surface area contributed by atoms with Gasteiger partial charge in [0.25, 0.3) is 0 Å². The molecule has 2 N–H and O–H groups in total. The van der Waals surface area contributed by atoms with E-state index in [0.717, 1.165) is 50.4 Å². The van der Waals surface area contributed by atoms with Gasteiger partial charge in [0.15, 0.2) is 0 Å². The first-order valence-corrected chi connectivity index (χ1v) is 9.83. The van der Waals surface area contributed by atoms with Gasteiger partial charge in [-0.2, -0.15) is 5.10 Å². The maximum absolute atomic E-state index is 12.4. The predicted molar refractivity (Wildman–Crippen MR) is 104 cm³/mol. The van der Waals surface area contributed by atoms with Gasteiger partial charge in [-0.1, -0.05) is 12.2 Å². The first-order chi connectivity index (χ1) is 13.1. The quantitative estimate of drug-likeness (QED) is 0.736. The van der Waals surface area contributed by atoms with Crippen LogP contribution >= 0.6 is 0 Å². The summed E-state index contributed by atoms with van der Waals surface area (Å²) in [5.74, 6) is 2.37. The van der Waals surface area contributed by atoms with Crippen LogP contribution < -0.4 is 10.6 Å². The summed E-state index contributed by atoms with van der Waals surface area (Å²) < 4.78 is 4.07. The third kappa shape index (κ3) is 4.40. The Bertz CT molecular complexity index is 816. The highest BCUT2D eigenvalue weighted by atomic mass is 16.2. The number of hydrogen-bond donors (Lipinski definition) is 2. The van der Waals surface area contributed by atoms with E-state index in [0.29, 0.717) is 12.5 Å². The van der Waals surface area contributed by atoms with Gasteiger partial charge in [0, 0.05) is 43.5 Å². The van der Waals surface area contributed by atoms with Gasteiger partial charge in [0.05, 0.1) is 6.20 Å². The van der Waals surface area contributed by atoms with Gasteiger partial charge >= 0.3 is 6.03 Å². The molecule has 2 heterocycles. The lowest BCUT2D eigenvalue weighted by atomic mass is 9.94. The Morgan fingerprint density at radius 3 is 2.93 bits per heavy atom. The predicted octanol–water partition coefficient (Wildman–Crippen LogP) is 3.35. The van der Waals surface area contributed by atoms with E-state index in [1.165, 1.54) is 6.42 Å². The second kappa shape index (κ2) is 7.58. The molecule has 1 saturated carbocycles. The number of aryl methyl sites for hydroxylation is 1. The van der Waals surface area contributed by atoms with Crippen molar-refractivity contribution in [1.29, 1.82) is 0 Å². The zero-order valence-corrected chi connectivity index (χ0v) is 15.9. The Kier molecular flexibility index (Phi) is 5.01. The van der Waals surface area contributed by atoms with Gasteiger partial charge in [-0.15, -0.1) is 0 Å². The largest absolute Gasteiger partial charge is 0.337 e. The Morgan fingerprint density at radius 1 is 1.33 bits per heavy atom. The van der Waals surface area contributed by atoms with Crippen LogP contribution in [0.25, 0.3) is 0 Å². The van der Waals surface area contributed by atoms with Crippen LogP contribution in [0.5, 0.6) is 0 Å². The maximum Gasteiger partial charge on any atom is 0.320 e. The number of carbonyl (C=O) groups excluding carboxylic acids is 1. The number of rotatable bonds is 7. The first-order valence-electron chi connectivity index (χ1n) is 9.83. The number of amides is 2. The molecule has 0 aromatic carbocycles. The molecule has 144 valence electrons. The van der Waals surface area contributed by atoms with E-state index in [1.54, 1.807) is 6.20 Å². The molecule has 4 rings (SSSR count). The SMILES string of the molecule is Cc1nccn1CC1(CNC(=O)Nc2ccnn2C[C@@H]2CC=CCC2)CC1. The Hall–Kier alpha value is -2.57. The lowest BCUT2D eigenvalue weighted by molar-refractivity contribution is 0.248. The standard InChI is InChI=1S/C20H28N6O/c1-16-21-11-12-25(16)15-20(8-9-20)14-22-19(27)24-18-7-10-23-26(18)13-17-5-3-2-4-6-17/h2-3,7,10-12,17H,4-6,8-9,13-15H2,1H3,(H2,22,24,27)/t17-/m1/s1. The molecule has 0 spiro atoms. The number of urea groups is 1. The van der Waals surface area contributed by atoms with Crippen LogP contribution in [0.1, 0.15) is 37.9 Å². The molecule has 27 heavy (non-hydrogen) atoms. The number of nitrogens with one attached hydrogen (secondary N) is 2. The Balaban J connectivity index is 1.28. The zero-order chi connectivity index (χ0) is 18.7. The molecule has 0 saturated heterocycles. The first kappa shape index (κ1) is 17.8. The molecule has 1 fully saturated rings. The van der Waals surface area contributed by atoms with Gasteiger partial charge in [-0.3, -0.25) is 5.32 Å². The summed E-state index contributed by atoms with van der Waals surface area (Å²) in [5.41, 5.74) is 0.164. The number of hydrogen-bond acceptors (Lipinski definition) is 3. The van der Waals surface area contributed by atoms with Crippen molar-refractivity contribution in [1.82, 2.24) is 24.6 Å². The molecule has 7 heteroatoms. The highest BCUT2D eigenvalue weighted by molar-refractivity contribution is 5.88. The summed E-state index contributed by atoms with van der Waals surface area (Å²) in [5, 5.41) is 10.4. The molecule has 0 bridgehead atoms. The van der Waals surface area contributed by atoms with Crippen LogP contribution in [0.15, 0.2) is 36.8 Å². The number of aromatic nitrogens is 4. The summed E-state index contributed by atoms with van der Waals surface area (Å²) in [6.45, 7) is 4.44. The number of nitrogens with zero attached hydrogens (tertiary/aromatic N) is 4. The van der Waals surface area contributed by atoms with E-state index >= 15 is 0 Å². The number of allylic oxidation sites excluding steroid dienone is 2. The van der Waals surface area contributed by atoms with Gasteiger partial charge in [-0.25, -0.2) is 14.5 Å². The van der Waals surface area contributed by atoms with Crippen LogP contribution in [0, 0.1) is 18.3 Å². The maximum atomic E-state index is 12.4. The van der Waals surface area contributed by atoms with Crippen LogP contribution in [-0.2, 0) is 13.1 Å². The van der Waals surface area contributed by atoms with Crippen LogP contribution in [0.2, 0.25) is 0 Å². The fraction of sp³-hybridized carbons (Fsp3) is 0.550. The monoisotopic (exact) mass is 368 g/mol. The number of imidazole rings is 1. The molecule has 2 amide bonds. The molecule has 7 nitrogen and oxygen atoms in total. The summed E-state index contributed by atoms with van der Waals surface area (Å²) >= 11 is 0. The van der Waals surface area contributed by atoms with Crippen LogP contribution in [0.4, 0.5) is 10.6 Å². The minimum Gasteiger partial charge on any atom is -0.337 e. The summed E-state index contributed by atoms with van der Waals surface area (Å²) in [7, 11) is 0. The molecular weight excluding hydrogens is 340 g/mol. The normalized spacial score (nSPS) is 20.4. The summed E-state index contributed by atoms with van der Waals surface area (Å²) in [6.07, 6.45) is 15.7. The van der Waals surface area contributed by atoms with E-state index in [2.05, 4.69) is 37.4 Å². The van der Waals surface area contributed by atoms with Crippen molar-refractivity contribution in [2.75, 3.05) is 11.9 Å². The second-order valence-electron chi connectivity index (χ2n) is 7.96. The van der Waals surface area contributed by atoms with Gasteiger partial charge < -0.3 is 9.88 Å². The third-order valence-electron chi connectivity index (χ3n) is 5.78. The topological polar surface area (TPSA) is 76.8 Å². The smallest absolute Gasteiger partial charge is 0.320 e. The summed E-state index contributed by atoms with van der Waals surface area (Å²) in [4.78, 5) is 16.7. The highest BCUT2D eigenvalue weighted by Gasteiger charge is 2.43. The minimum absolute atomic E-state index is 0.158. The Morgan fingerprint density at radius 2 is 2.22 bits per heavy atom. The molecule has 2 aromatic heterocycles. The molecule has 0 radical (unpaired) electrons. The van der Waals surface area contributed by atoms with E-state index in [-0.39, 0.29) is 11.4 Å². The zero-order valence-electron chi connectivity index (χ0n) is 15.9. The average molecular weight is 368 g/mol. The third-order valence-corrected chi connectivity index (χ3v) is 5.78. The van der Waals surface area contributed by atoms with E-state index in [4.69, 9.17) is 0 Å². The molecule has 2 aromatic rings. The molecule has 2 aliphatic rings. The van der Waals surface area contributed by atoms with Gasteiger partial charge in [0.2, 0.25) is 0 Å². The highest BCUT2D eigenvalue weighted by Crippen LogP contribution is 2.46. The van der Waals surface area contributed by atoms with E-state index in [9.17, 15) is 4.79 Å². The number of anilines is 1. The van der Waals surface area contributed by atoms with Crippen molar-refractivity contribution in [2.24, 2.45) is 11.3 Å². The van der Waals surface area contributed by atoms with Crippen LogP contribution in [-0.4, -0.2) is 31.9 Å². The minimum atomic E-state index is -0.158. The molecular formula is C20H28N6O. The lowest BCUT2D eigenvalue weighted by Gasteiger charge is -2.20. The van der Waals surface area contributed by atoms with E-state index in [1.807, 2.05) is 30.1 Å². The Labute approximate surface area is 159 Å². The summed E-state index contributed by atoms with van der Waals surface area (Å²) in [6, 6.07) is 1.70. The number of carbonyl (C=O) groups is 1. The van der Waals surface area contributed by atoms with Crippen molar-refractivity contribution in [2.45, 2.75) is 52.1 Å². The molecule has 2 aliphatic carbocycles. The van der Waals surface area contributed by atoms with Crippen molar-refractivity contribution >= 4 is 11.8 Å². The van der Waals surface area contributed by atoms with Gasteiger partial charge in [0.1, 0.15) is 11.6 Å². The van der Waals surface area contributed by atoms with Gasteiger partial charge in [-0.05, 0) is 44.9 Å². The molecule has 0 aliphatic heterocycles. The second-order valence-corrected chi connectivity index (χ2v) is 7.96. The average Bonchev–Trinajstić information content (AvgIpc) is 3.13. The van der Waals surface area contributed by atoms with E-state index < -0.39 is 0 Å². The van der Waals surface area contributed by atoms with Crippen LogP contribution in [0.3, 0.4) is 0 Å². The van der Waals surface area contributed by atoms with Crippen molar-refractivity contribution in [3.63, 3.8) is 0 Å². The fourth-order valence-corrected chi connectivity index (χ4v) is 3.78. The lowest BCUT2D eigenvalue weighted by Crippen LogP contribution is -2.36. The fourth-order valence-electron chi connectivity index (χ4n) is 3.78. The molecule has 1 atom stereocenters. The van der Waals surface area contributed by atoms with Crippen molar-refractivity contribution in [3.05, 3.63) is 42.6 Å².